The van der Waals surface area contributed by atoms with Crippen LogP contribution in [0.25, 0.3) is 10.2 Å². The van der Waals surface area contributed by atoms with Crippen molar-refractivity contribution in [2.45, 2.75) is 25.9 Å². The summed E-state index contributed by atoms with van der Waals surface area (Å²) in [5.74, 6) is 0.641. The highest BCUT2D eigenvalue weighted by Gasteiger charge is 2.27. The fourth-order valence-corrected chi connectivity index (χ4v) is 4.85. The zero-order chi connectivity index (χ0) is 19.7. The molecule has 4 rings (SSSR count). The highest BCUT2D eigenvalue weighted by Crippen LogP contribution is 2.37. The van der Waals surface area contributed by atoms with Crippen LogP contribution in [0.1, 0.15) is 28.8 Å². The van der Waals surface area contributed by atoms with Crippen LogP contribution in [0.4, 0.5) is 5.13 Å². The molecule has 1 amide bonds. The number of ether oxygens (including phenoxy) is 2. The minimum atomic E-state index is -0.0764. The van der Waals surface area contributed by atoms with Crippen LogP contribution in [0.5, 0.6) is 5.75 Å². The zero-order valence-corrected chi connectivity index (χ0v) is 18.2. The van der Waals surface area contributed by atoms with Gasteiger partial charge >= 0.3 is 0 Å². The summed E-state index contributed by atoms with van der Waals surface area (Å²) < 4.78 is 13.2. The zero-order valence-electron chi connectivity index (χ0n) is 15.8. The van der Waals surface area contributed by atoms with Crippen LogP contribution >= 0.6 is 27.3 Å². The first-order chi connectivity index (χ1) is 13.6. The van der Waals surface area contributed by atoms with Crippen molar-refractivity contribution in [3.05, 3.63) is 52.0 Å². The monoisotopic (exact) mass is 460 g/mol. The first-order valence-electron chi connectivity index (χ1n) is 9.20. The second-order valence-corrected chi connectivity index (χ2v) is 8.71. The standard InChI is InChI=1S/C21H21BrN2O3S/c1-13-8-9-17(26-2)18-19(13)28-21(23-18)24(12-16-7-4-10-27-16)20(25)14-5-3-6-15(22)11-14/h3,5-6,8-9,11,16H,4,7,10,12H2,1-2H3. The molecule has 1 aliphatic rings. The number of aryl methyl sites for hydroxylation is 1. The summed E-state index contributed by atoms with van der Waals surface area (Å²) in [6.45, 7) is 3.28. The number of benzene rings is 2. The number of amides is 1. The highest BCUT2D eigenvalue weighted by atomic mass is 79.9. The van der Waals surface area contributed by atoms with Gasteiger partial charge in [0.25, 0.3) is 5.91 Å². The maximum absolute atomic E-state index is 13.4. The number of rotatable bonds is 5. The smallest absolute Gasteiger partial charge is 0.260 e. The van der Waals surface area contributed by atoms with Crippen molar-refractivity contribution >= 4 is 48.5 Å². The molecule has 0 N–H and O–H groups in total. The molecular formula is C21H21BrN2O3S. The highest BCUT2D eigenvalue weighted by molar-refractivity contribution is 9.10. The summed E-state index contributed by atoms with van der Waals surface area (Å²) in [6.07, 6.45) is 2.01. The fraction of sp³-hybridized carbons (Fsp3) is 0.333. The van der Waals surface area contributed by atoms with Crippen molar-refractivity contribution in [3.63, 3.8) is 0 Å². The predicted molar refractivity (Wildman–Crippen MR) is 116 cm³/mol. The number of anilines is 1. The topological polar surface area (TPSA) is 51.7 Å². The van der Waals surface area contributed by atoms with E-state index in [4.69, 9.17) is 14.5 Å². The van der Waals surface area contributed by atoms with E-state index in [1.165, 1.54) is 11.3 Å². The molecule has 2 heterocycles. The van der Waals surface area contributed by atoms with E-state index in [1.807, 2.05) is 43.3 Å². The summed E-state index contributed by atoms with van der Waals surface area (Å²) in [5, 5.41) is 0.670. The van der Waals surface area contributed by atoms with Crippen molar-refractivity contribution in [1.29, 1.82) is 0 Å². The van der Waals surface area contributed by atoms with Crippen LogP contribution in [-0.4, -0.2) is 37.3 Å². The van der Waals surface area contributed by atoms with Gasteiger partial charge in [-0.25, -0.2) is 4.98 Å². The van der Waals surface area contributed by atoms with Crippen LogP contribution in [0, 0.1) is 6.92 Å². The third-order valence-electron chi connectivity index (χ3n) is 4.87. The maximum Gasteiger partial charge on any atom is 0.260 e. The lowest BCUT2D eigenvalue weighted by Crippen LogP contribution is -2.37. The van der Waals surface area contributed by atoms with E-state index < -0.39 is 0 Å². The number of carbonyl (C=O) groups is 1. The van der Waals surface area contributed by atoms with E-state index in [0.717, 1.165) is 45.5 Å². The van der Waals surface area contributed by atoms with Crippen LogP contribution in [0.15, 0.2) is 40.9 Å². The van der Waals surface area contributed by atoms with Crippen molar-refractivity contribution in [1.82, 2.24) is 4.98 Å². The predicted octanol–water partition coefficient (Wildman–Crippen LogP) is 5.20. The normalized spacial score (nSPS) is 16.5. The van der Waals surface area contributed by atoms with Crippen LogP contribution in [-0.2, 0) is 4.74 Å². The lowest BCUT2D eigenvalue weighted by atomic mass is 10.2. The molecule has 1 fully saturated rings. The quantitative estimate of drug-likeness (QED) is 0.524. The molecule has 0 saturated carbocycles. The molecule has 5 nitrogen and oxygen atoms in total. The Labute approximate surface area is 176 Å². The van der Waals surface area contributed by atoms with Gasteiger partial charge in [-0.05, 0) is 49.6 Å². The molecule has 146 valence electrons. The fourth-order valence-electron chi connectivity index (χ4n) is 3.40. The lowest BCUT2D eigenvalue weighted by Gasteiger charge is -2.23. The number of nitrogens with zero attached hydrogens (tertiary/aromatic N) is 2. The molecule has 1 unspecified atom stereocenters. The third kappa shape index (κ3) is 3.79. The van der Waals surface area contributed by atoms with Crippen molar-refractivity contribution in [3.8, 4) is 5.75 Å². The Kier molecular flexibility index (Phi) is 5.66. The van der Waals surface area contributed by atoms with E-state index in [0.29, 0.717) is 17.2 Å². The number of carbonyl (C=O) groups excluding carboxylic acids is 1. The number of methoxy groups -OCH3 is 1. The Morgan fingerprint density at radius 1 is 1.39 bits per heavy atom. The third-order valence-corrected chi connectivity index (χ3v) is 6.58. The average molecular weight is 461 g/mol. The average Bonchev–Trinajstić information content (AvgIpc) is 3.36. The molecule has 1 atom stereocenters. The number of thiazole rings is 1. The number of hydrogen-bond acceptors (Lipinski definition) is 5. The van der Waals surface area contributed by atoms with Crippen molar-refractivity contribution in [2.24, 2.45) is 0 Å². The molecule has 0 bridgehead atoms. The summed E-state index contributed by atoms with van der Waals surface area (Å²) in [6, 6.07) is 11.4. The SMILES string of the molecule is COc1ccc(C)c2sc(N(CC3CCCO3)C(=O)c3cccc(Br)c3)nc12. The van der Waals surface area contributed by atoms with Crippen molar-refractivity contribution < 1.29 is 14.3 Å². The Morgan fingerprint density at radius 2 is 2.25 bits per heavy atom. The molecule has 1 saturated heterocycles. The second-order valence-electron chi connectivity index (χ2n) is 6.82. The second kappa shape index (κ2) is 8.19. The van der Waals surface area contributed by atoms with Gasteiger partial charge in [0.15, 0.2) is 5.13 Å². The maximum atomic E-state index is 13.4. The van der Waals surface area contributed by atoms with Crippen molar-refractivity contribution in [2.75, 3.05) is 25.2 Å². The first kappa shape index (κ1) is 19.4. The van der Waals surface area contributed by atoms with Crippen LogP contribution in [0.3, 0.4) is 0 Å². The molecule has 28 heavy (non-hydrogen) atoms. The van der Waals surface area contributed by atoms with Gasteiger partial charge in [0, 0.05) is 16.6 Å². The van der Waals surface area contributed by atoms with Gasteiger partial charge in [0.05, 0.1) is 24.5 Å². The van der Waals surface area contributed by atoms with Gasteiger partial charge in [-0.15, -0.1) is 0 Å². The van der Waals surface area contributed by atoms with Gasteiger partial charge in [0.1, 0.15) is 11.3 Å². The van der Waals surface area contributed by atoms with E-state index >= 15 is 0 Å². The number of halogens is 1. The van der Waals surface area contributed by atoms with Crippen LogP contribution in [0.2, 0.25) is 0 Å². The Morgan fingerprint density at radius 3 is 2.96 bits per heavy atom. The summed E-state index contributed by atoms with van der Waals surface area (Å²) >= 11 is 4.97. The molecule has 0 aliphatic carbocycles. The minimum absolute atomic E-state index is 0.0334. The Bertz CT molecular complexity index is 1010. The lowest BCUT2D eigenvalue weighted by molar-refractivity contribution is 0.0917. The molecule has 0 spiro atoms. The van der Waals surface area contributed by atoms with Crippen LogP contribution < -0.4 is 9.64 Å². The van der Waals surface area contributed by atoms with Gasteiger partial charge in [-0.2, -0.15) is 0 Å². The van der Waals surface area contributed by atoms with E-state index in [9.17, 15) is 4.79 Å². The van der Waals surface area contributed by atoms with E-state index in [-0.39, 0.29) is 12.0 Å². The number of aromatic nitrogens is 1. The molecule has 0 radical (unpaired) electrons. The largest absolute Gasteiger partial charge is 0.494 e. The molecule has 1 aliphatic heterocycles. The van der Waals surface area contributed by atoms with Gasteiger partial charge in [0.2, 0.25) is 0 Å². The van der Waals surface area contributed by atoms with Gasteiger partial charge in [-0.3, -0.25) is 9.69 Å². The molecule has 1 aromatic heterocycles. The number of fused-ring (bicyclic) bond motifs is 1. The summed E-state index contributed by atoms with van der Waals surface area (Å²) in [4.78, 5) is 19.9. The van der Waals surface area contributed by atoms with Gasteiger partial charge in [-0.1, -0.05) is 39.4 Å². The molecule has 7 heteroatoms. The van der Waals surface area contributed by atoms with E-state index in [2.05, 4.69) is 15.9 Å². The molecule has 2 aromatic carbocycles. The summed E-state index contributed by atoms with van der Waals surface area (Å²) in [5.41, 5.74) is 2.53. The van der Waals surface area contributed by atoms with Gasteiger partial charge < -0.3 is 9.47 Å². The number of hydrogen-bond donors (Lipinski definition) is 0. The van der Waals surface area contributed by atoms with E-state index in [1.54, 1.807) is 12.0 Å². The summed E-state index contributed by atoms with van der Waals surface area (Å²) in [7, 11) is 1.64. The minimum Gasteiger partial charge on any atom is -0.494 e. The Hall–Kier alpha value is -1.96. The Balaban J connectivity index is 1.77. The molecular weight excluding hydrogens is 440 g/mol. The molecule has 3 aromatic rings. The first-order valence-corrected chi connectivity index (χ1v) is 10.8.